The van der Waals surface area contributed by atoms with Gasteiger partial charge in [-0.1, -0.05) is 0 Å². The molecule has 0 unspecified atom stereocenters. The van der Waals surface area contributed by atoms with E-state index in [2.05, 4.69) is 15.0 Å². The Labute approximate surface area is 137 Å². The Morgan fingerprint density at radius 2 is 2.04 bits per heavy atom. The molecule has 1 amide bonds. The number of ether oxygens (including phenoxy) is 1. The van der Waals surface area contributed by atoms with Crippen molar-refractivity contribution in [3.05, 3.63) is 11.1 Å². The number of aliphatic carboxylic acids is 1. The number of esters is 1. The maximum Gasteiger partial charge on any atom is 0.310 e. The van der Waals surface area contributed by atoms with Gasteiger partial charge in [0.1, 0.15) is 0 Å². The molecule has 2 bridgehead atoms. The molecule has 23 heavy (non-hydrogen) atoms. The van der Waals surface area contributed by atoms with Crippen LogP contribution in [0.15, 0.2) is 6.20 Å². The summed E-state index contributed by atoms with van der Waals surface area (Å²) in [6.07, 6.45) is 4.26. The highest BCUT2D eigenvalue weighted by Crippen LogP contribution is 2.52. The molecule has 0 spiro atoms. The largest absolute Gasteiger partial charge is 0.481 e. The summed E-state index contributed by atoms with van der Waals surface area (Å²) in [5.74, 6) is -2.35. The van der Waals surface area contributed by atoms with E-state index < -0.39 is 17.8 Å². The number of hydrogen-bond donors (Lipinski definition) is 2. The Balaban J connectivity index is 1.67. The molecule has 4 atom stereocenters. The van der Waals surface area contributed by atoms with E-state index in [1.807, 2.05) is 0 Å². The van der Waals surface area contributed by atoms with Gasteiger partial charge in [-0.2, -0.15) is 0 Å². The van der Waals surface area contributed by atoms with E-state index in [0.29, 0.717) is 10.0 Å². The zero-order chi connectivity index (χ0) is 16.6. The van der Waals surface area contributed by atoms with Crippen molar-refractivity contribution in [1.29, 1.82) is 0 Å². The van der Waals surface area contributed by atoms with Crippen molar-refractivity contribution in [2.75, 3.05) is 12.4 Å². The van der Waals surface area contributed by atoms with Crippen molar-refractivity contribution >= 4 is 34.3 Å². The van der Waals surface area contributed by atoms with E-state index in [9.17, 15) is 19.5 Å². The maximum absolute atomic E-state index is 12.5. The van der Waals surface area contributed by atoms with Gasteiger partial charge in [0, 0.05) is 11.1 Å². The minimum Gasteiger partial charge on any atom is -0.481 e. The maximum atomic E-state index is 12.5. The van der Waals surface area contributed by atoms with Crippen molar-refractivity contribution in [2.45, 2.75) is 25.7 Å². The van der Waals surface area contributed by atoms with Crippen molar-refractivity contribution in [2.24, 2.45) is 23.7 Å². The van der Waals surface area contributed by atoms with Gasteiger partial charge in [-0.15, -0.1) is 11.3 Å². The van der Waals surface area contributed by atoms with Crippen LogP contribution >= 0.6 is 11.3 Å². The summed E-state index contributed by atoms with van der Waals surface area (Å²) in [7, 11) is 1.31. The topological polar surface area (TPSA) is 106 Å². The Kier molecular flexibility index (Phi) is 4.34. The van der Waals surface area contributed by atoms with Gasteiger partial charge in [-0.05, 0) is 31.1 Å². The lowest BCUT2D eigenvalue weighted by atomic mass is 9.79. The van der Waals surface area contributed by atoms with Gasteiger partial charge in [-0.25, -0.2) is 4.98 Å². The molecule has 0 aromatic carbocycles. The summed E-state index contributed by atoms with van der Waals surface area (Å²) in [6, 6.07) is 0. The van der Waals surface area contributed by atoms with Gasteiger partial charge in [-0.3, -0.25) is 14.4 Å². The molecule has 7 nitrogen and oxygen atoms in total. The second-order valence-corrected chi connectivity index (χ2v) is 7.21. The van der Waals surface area contributed by atoms with Crippen LogP contribution in [-0.4, -0.2) is 35.0 Å². The molecular weight excluding hydrogens is 320 g/mol. The van der Waals surface area contributed by atoms with Crippen LogP contribution in [0.1, 0.15) is 24.1 Å². The van der Waals surface area contributed by atoms with Gasteiger partial charge < -0.3 is 15.2 Å². The highest BCUT2D eigenvalue weighted by atomic mass is 32.1. The monoisotopic (exact) mass is 338 g/mol. The number of carbonyl (C=O) groups excluding carboxylic acids is 2. The number of carboxylic acid groups (broad SMARTS) is 1. The molecule has 2 saturated carbocycles. The van der Waals surface area contributed by atoms with E-state index in [1.54, 1.807) is 0 Å². The molecule has 2 aliphatic rings. The van der Waals surface area contributed by atoms with E-state index in [1.165, 1.54) is 24.6 Å². The van der Waals surface area contributed by atoms with Crippen LogP contribution in [0.4, 0.5) is 5.13 Å². The van der Waals surface area contributed by atoms with Crippen molar-refractivity contribution < 1.29 is 24.2 Å². The average Bonchev–Trinajstić information content (AvgIpc) is 3.22. The number of fused-ring (bicyclic) bond motifs is 2. The van der Waals surface area contributed by atoms with Gasteiger partial charge in [0.2, 0.25) is 5.91 Å². The first-order chi connectivity index (χ1) is 11.0. The predicted octanol–water partition coefficient (Wildman–Crippen LogP) is 1.54. The highest BCUT2D eigenvalue weighted by molar-refractivity contribution is 7.15. The summed E-state index contributed by atoms with van der Waals surface area (Å²) in [5.41, 5.74) is 0. The van der Waals surface area contributed by atoms with Crippen molar-refractivity contribution in [3.8, 4) is 0 Å². The molecular formula is C15H18N2O5S. The lowest BCUT2D eigenvalue weighted by Crippen LogP contribution is -2.37. The standard InChI is InChI=1S/C15H18N2O5S/c1-22-10(18)5-9-6-16-15(23-9)17-13(19)11-7-2-3-8(4-7)12(11)14(20)21/h6-8,11-12H,2-5H2,1H3,(H,20,21)(H,16,17,19)/t7-,8-,11+,12-/m0/s1. The molecule has 1 heterocycles. The SMILES string of the molecule is COC(=O)Cc1cnc(NC(=O)[C@@H]2[C@H]3CC[C@@H](C3)[C@@H]2C(=O)O)s1. The zero-order valence-corrected chi connectivity index (χ0v) is 13.5. The minimum absolute atomic E-state index is 0.107. The smallest absolute Gasteiger partial charge is 0.310 e. The summed E-state index contributed by atoms with van der Waals surface area (Å²) < 4.78 is 4.59. The molecule has 2 N–H and O–H groups in total. The first-order valence-corrected chi connectivity index (χ1v) is 8.36. The Morgan fingerprint density at radius 3 is 2.70 bits per heavy atom. The van der Waals surface area contributed by atoms with Crippen LogP contribution in [-0.2, 0) is 25.5 Å². The first-order valence-electron chi connectivity index (χ1n) is 7.54. The molecule has 0 saturated heterocycles. The lowest BCUT2D eigenvalue weighted by molar-refractivity contribution is -0.148. The molecule has 2 aliphatic carbocycles. The number of carbonyl (C=O) groups is 3. The Bertz CT molecular complexity index is 644. The number of thiazole rings is 1. The lowest BCUT2D eigenvalue weighted by Gasteiger charge is -2.26. The van der Waals surface area contributed by atoms with Crippen molar-refractivity contribution in [3.63, 3.8) is 0 Å². The molecule has 1 aromatic heterocycles. The normalized spacial score (nSPS) is 28.6. The summed E-state index contributed by atoms with van der Waals surface area (Å²) in [4.78, 5) is 40.0. The van der Waals surface area contributed by atoms with Crippen LogP contribution in [0.2, 0.25) is 0 Å². The van der Waals surface area contributed by atoms with Crippen LogP contribution in [0.3, 0.4) is 0 Å². The predicted molar refractivity (Wildman–Crippen MR) is 81.9 cm³/mol. The third kappa shape index (κ3) is 3.08. The van der Waals surface area contributed by atoms with E-state index in [-0.39, 0.29) is 30.1 Å². The average molecular weight is 338 g/mol. The molecule has 8 heteroatoms. The van der Waals surface area contributed by atoms with Gasteiger partial charge >= 0.3 is 11.9 Å². The number of anilines is 1. The fraction of sp³-hybridized carbons (Fsp3) is 0.600. The molecule has 124 valence electrons. The highest BCUT2D eigenvalue weighted by Gasteiger charge is 2.54. The van der Waals surface area contributed by atoms with Gasteiger partial charge in [0.05, 0.1) is 25.4 Å². The van der Waals surface area contributed by atoms with E-state index >= 15 is 0 Å². The Morgan fingerprint density at radius 1 is 1.35 bits per heavy atom. The number of rotatable bonds is 5. The van der Waals surface area contributed by atoms with Crippen molar-refractivity contribution in [1.82, 2.24) is 4.98 Å². The first kappa shape index (κ1) is 15.9. The fourth-order valence-electron chi connectivity index (χ4n) is 3.87. The molecule has 2 fully saturated rings. The summed E-state index contributed by atoms with van der Waals surface area (Å²) in [5, 5.41) is 12.5. The number of nitrogens with one attached hydrogen (secondary N) is 1. The van der Waals surface area contributed by atoms with E-state index in [0.717, 1.165) is 19.3 Å². The number of hydrogen-bond acceptors (Lipinski definition) is 6. The molecule has 1 aromatic rings. The Hall–Kier alpha value is -1.96. The number of carboxylic acids is 1. The van der Waals surface area contributed by atoms with Crippen LogP contribution in [0, 0.1) is 23.7 Å². The van der Waals surface area contributed by atoms with Crippen LogP contribution in [0.25, 0.3) is 0 Å². The molecule has 0 aliphatic heterocycles. The number of aromatic nitrogens is 1. The minimum atomic E-state index is -0.886. The third-order valence-electron chi connectivity index (χ3n) is 4.83. The zero-order valence-electron chi connectivity index (χ0n) is 12.7. The second kappa shape index (κ2) is 6.27. The summed E-state index contributed by atoms with van der Waals surface area (Å²) in [6.45, 7) is 0. The quantitative estimate of drug-likeness (QED) is 0.789. The fourth-order valence-corrected chi connectivity index (χ4v) is 4.67. The van der Waals surface area contributed by atoms with Gasteiger partial charge in [0.25, 0.3) is 0 Å². The number of amides is 1. The molecule has 0 radical (unpaired) electrons. The second-order valence-electron chi connectivity index (χ2n) is 6.10. The third-order valence-corrected chi connectivity index (χ3v) is 5.75. The number of methoxy groups -OCH3 is 1. The summed E-state index contributed by atoms with van der Waals surface area (Å²) >= 11 is 1.20. The number of nitrogens with zero attached hydrogens (tertiary/aromatic N) is 1. The van der Waals surface area contributed by atoms with Crippen LogP contribution < -0.4 is 5.32 Å². The molecule has 3 rings (SSSR count). The van der Waals surface area contributed by atoms with E-state index in [4.69, 9.17) is 0 Å². The van der Waals surface area contributed by atoms with Gasteiger partial charge in [0.15, 0.2) is 5.13 Å². The van der Waals surface area contributed by atoms with Crippen LogP contribution in [0.5, 0.6) is 0 Å².